The van der Waals surface area contributed by atoms with Gasteiger partial charge in [-0.2, -0.15) is 5.26 Å². The van der Waals surface area contributed by atoms with E-state index in [1.54, 1.807) is 0 Å². The van der Waals surface area contributed by atoms with E-state index >= 15 is 4.39 Å². The normalized spacial score (nSPS) is 10.9. The van der Waals surface area contributed by atoms with Gasteiger partial charge in [0, 0.05) is 17.0 Å². The van der Waals surface area contributed by atoms with Gasteiger partial charge in [0.2, 0.25) is 11.8 Å². The van der Waals surface area contributed by atoms with Crippen LogP contribution in [0.1, 0.15) is 24.5 Å². The Morgan fingerprint density at radius 1 is 1.11 bits per heavy atom. The standard InChI is InChI=1S/C24H17BrCl2FN3O5S/c1-2-21(32)31-37(34,35)17-4-6-20(19(27)11-17)30-22(33)9-14-3-5-18(25)24(23(14)28)36-16-8-13(12-29)7-15(26)10-16/h3-8,10-11H,2,9H2,1H3,(H,30,33)(H,31,32). The summed E-state index contributed by atoms with van der Waals surface area (Å²) in [4.78, 5) is 23.8. The van der Waals surface area contributed by atoms with Crippen LogP contribution in [0.5, 0.6) is 11.5 Å². The smallest absolute Gasteiger partial charge is 0.264 e. The summed E-state index contributed by atoms with van der Waals surface area (Å²) in [5, 5.41) is 11.7. The number of carbonyl (C=O) groups excluding carboxylic acids is 2. The summed E-state index contributed by atoms with van der Waals surface area (Å²) in [6, 6.07) is 12.5. The van der Waals surface area contributed by atoms with E-state index in [-0.39, 0.29) is 54.1 Å². The highest BCUT2D eigenvalue weighted by Crippen LogP contribution is 2.36. The van der Waals surface area contributed by atoms with Crippen molar-refractivity contribution >= 4 is 66.7 Å². The first-order chi connectivity index (χ1) is 17.4. The Bertz CT molecular complexity index is 1540. The van der Waals surface area contributed by atoms with E-state index in [0.717, 1.165) is 6.07 Å². The second kappa shape index (κ2) is 11.9. The largest absolute Gasteiger partial charge is 0.453 e. The van der Waals surface area contributed by atoms with Crippen LogP contribution in [0.25, 0.3) is 0 Å². The van der Waals surface area contributed by atoms with Gasteiger partial charge in [0.25, 0.3) is 10.0 Å². The van der Waals surface area contributed by atoms with E-state index in [2.05, 4.69) is 21.2 Å². The van der Waals surface area contributed by atoms with Gasteiger partial charge in [-0.1, -0.05) is 36.2 Å². The van der Waals surface area contributed by atoms with Crippen LogP contribution < -0.4 is 14.8 Å². The number of halogens is 4. The van der Waals surface area contributed by atoms with E-state index in [9.17, 15) is 18.0 Å². The number of carbonyl (C=O) groups is 2. The Balaban J connectivity index is 1.78. The Morgan fingerprint density at radius 3 is 2.49 bits per heavy atom. The lowest BCUT2D eigenvalue weighted by atomic mass is 10.1. The first-order valence-electron chi connectivity index (χ1n) is 10.4. The van der Waals surface area contributed by atoms with E-state index < -0.39 is 34.1 Å². The number of nitrogens with one attached hydrogen (secondary N) is 2. The maximum absolute atomic E-state index is 15.2. The summed E-state index contributed by atoms with van der Waals surface area (Å²) < 4.78 is 47.5. The number of sulfonamides is 1. The van der Waals surface area contributed by atoms with Crippen molar-refractivity contribution in [1.82, 2.24) is 4.72 Å². The molecule has 3 rings (SSSR count). The van der Waals surface area contributed by atoms with Crippen molar-refractivity contribution in [2.75, 3.05) is 5.32 Å². The molecule has 192 valence electrons. The van der Waals surface area contributed by atoms with Crippen LogP contribution in [0, 0.1) is 17.1 Å². The van der Waals surface area contributed by atoms with Gasteiger partial charge in [-0.05, 0) is 58.4 Å². The maximum Gasteiger partial charge on any atom is 0.264 e. The number of hydrogen-bond donors (Lipinski definition) is 2. The number of benzene rings is 3. The van der Waals surface area contributed by atoms with Gasteiger partial charge in [-0.25, -0.2) is 17.5 Å². The molecule has 0 atom stereocenters. The van der Waals surface area contributed by atoms with Gasteiger partial charge in [0.1, 0.15) is 5.75 Å². The highest BCUT2D eigenvalue weighted by atomic mass is 79.9. The molecule has 37 heavy (non-hydrogen) atoms. The summed E-state index contributed by atoms with van der Waals surface area (Å²) in [5.74, 6) is -2.23. The quantitative estimate of drug-likeness (QED) is 0.317. The van der Waals surface area contributed by atoms with Crippen LogP contribution >= 0.6 is 39.1 Å². The average molecular weight is 629 g/mol. The molecule has 0 aliphatic rings. The third-order valence-corrected chi connectivity index (χ3v) is 7.32. The van der Waals surface area contributed by atoms with E-state index in [4.69, 9.17) is 33.2 Å². The van der Waals surface area contributed by atoms with Gasteiger partial charge in [0.05, 0.1) is 38.1 Å². The van der Waals surface area contributed by atoms with Crippen LogP contribution in [0.3, 0.4) is 0 Å². The van der Waals surface area contributed by atoms with Crippen LogP contribution in [-0.4, -0.2) is 20.2 Å². The van der Waals surface area contributed by atoms with Crippen molar-refractivity contribution < 1.29 is 27.1 Å². The van der Waals surface area contributed by atoms with Crippen LogP contribution in [0.2, 0.25) is 10.0 Å². The SMILES string of the molecule is CCC(=O)NS(=O)(=O)c1ccc(NC(=O)Cc2ccc(Br)c(Oc3cc(Cl)cc(C#N)c3)c2F)c(Cl)c1. The fourth-order valence-electron chi connectivity index (χ4n) is 3.02. The van der Waals surface area contributed by atoms with Crippen molar-refractivity contribution in [2.45, 2.75) is 24.7 Å². The Kier molecular flexibility index (Phi) is 9.15. The summed E-state index contributed by atoms with van der Waals surface area (Å²) in [6.07, 6.45) is -0.433. The third-order valence-electron chi connectivity index (χ3n) is 4.79. The molecule has 13 heteroatoms. The van der Waals surface area contributed by atoms with Gasteiger partial charge in [-0.3, -0.25) is 9.59 Å². The molecule has 0 aliphatic heterocycles. The number of hydrogen-bond acceptors (Lipinski definition) is 6. The van der Waals surface area contributed by atoms with Gasteiger partial charge < -0.3 is 10.1 Å². The number of rotatable bonds is 8. The fourth-order valence-corrected chi connectivity index (χ4v) is 5.01. The summed E-state index contributed by atoms with van der Waals surface area (Å²) in [5.41, 5.74) is 0.304. The molecule has 3 aromatic rings. The van der Waals surface area contributed by atoms with Gasteiger partial charge in [0.15, 0.2) is 11.6 Å². The number of amides is 2. The molecular formula is C24H17BrCl2FN3O5S. The number of ether oxygens (including phenoxy) is 1. The summed E-state index contributed by atoms with van der Waals surface area (Å²) >= 11 is 15.3. The van der Waals surface area contributed by atoms with Crippen molar-refractivity contribution in [3.63, 3.8) is 0 Å². The molecule has 0 bridgehead atoms. The first kappa shape index (κ1) is 28.4. The van der Waals surface area contributed by atoms with E-state index in [1.165, 1.54) is 49.4 Å². The molecule has 0 radical (unpaired) electrons. The molecule has 3 aromatic carbocycles. The van der Waals surface area contributed by atoms with E-state index in [0.29, 0.717) is 0 Å². The highest BCUT2D eigenvalue weighted by molar-refractivity contribution is 9.10. The second-order valence-corrected chi connectivity index (χ2v) is 10.9. The lowest BCUT2D eigenvalue weighted by molar-refractivity contribution is -0.119. The predicted octanol–water partition coefficient (Wildman–Crippen LogP) is 5.96. The highest BCUT2D eigenvalue weighted by Gasteiger charge is 2.20. The third kappa shape index (κ3) is 7.20. The van der Waals surface area contributed by atoms with Crippen molar-refractivity contribution in [1.29, 1.82) is 5.26 Å². The topological polar surface area (TPSA) is 125 Å². The number of nitrogens with zero attached hydrogens (tertiary/aromatic N) is 1. The molecule has 0 unspecified atom stereocenters. The molecule has 0 saturated heterocycles. The predicted molar refractivity (Wildman–Crippen MR) is 140 cm³/mol. The number of nitriles is 1. The maximum atomic E-state index is 15.2. The minimum Gasteiger partial charge on any atom is -0.453 e. The zero-order valence-corrected chi connectivity index (χ0v) is 22.9. The van der Waals surface area contributed by atoms with Gasteiger partial charge >= 0.3 is 0 Å². The Hall–Kier alpha value is -3.17. The van der Waals surface area contributed by atoms with Crippen molar-refractivity contribution in [3.8, 4) is 17.6 Å². The average Bonchev–Trinajstić information content (AvgIpc) is 2.84. The zero-order chi connectivity index (χ0) is 27.3. The fraction of sp³-hybridized carbons (Fsp3) is 0.125. The zero-order valence-electron chi connectivity index (χ0n) is 18.9. The summed E-state index contributed by atoms with van der Waals surface area (Å²) in [6.45, 7) is 1.50. The lowest BCUT2D eigenvalue weighted by Crippen LogP contribution is -2.29. The molecule has 0 aliphatic carbocycles. The Morgan fingerprint density at radius 2 is 1.84 bits per heavy atom. The van der Waals surface area contributed by atoms with Gasteiger partial charge in [-0.15, -0.1) is 0 Å². The monoisotopic (exact) mass is 627 g/mol. The minimum atomic E-state index is -4.13. The molecular weight excluding hydrogens is 612 g/mol. The summed E-state index contributed by atoms with van der Waals surface area (Å²) in [7, 11) is -4.13. The van der Waals surface area contributed by atoms with Crippen LogP contribution in [0.15, 0.2) is 57.9 Å². The molecule has 2 amide bonds. The molecule has 0 fully saturated rings. The Labute approximate surface area is 230 Å². The van der Waals surface area contributed by atoms with Crippen LogP contribution in [0.4, 0.5) is 10.1 Å². The molecule has 2 N–H and O–H groups in total. The molecule has 0 heterocycles. The first-order valence-corrected chi connectivity index (χ1v) is 13.5. The lowest BCUT2D eigenvalue weighted by Gasteiger charge is -2.13. The molecule has 8 nitrogen and oxygen atoms in total. The second-order valence-electron chi connectivity index (χ2n) is 7.49. The molecule has 0 aromatic heterocycles. The van der Waals surface area contributed by atoms with Crippen molar-refractivity contribution in [2.24, 2.45) is 0 Å². The van der Waals surface area contributed by atoms with Crippen molar-refractivity contribution in [3.05, 3.63) is 80.0 Å². The molecule has 0 saturated carbocycles. The molecule has 0 spiro atoms. The van der Waals surface area contributed by atoms with Crippen LogP contribution in [-0.2, 0) is 26.0 Å². The van der Waals surface area contributed by atoms with E-state index in [1.807, 2.05) is 10.8 Å². The number of anilines is 1. The minimum absolute atomic E-state index is 0.00386.